The summed E-state index contributed by atoms with van der Waals surface area (Å²) in [5, 5.41) is 0. The average Bonchev–Trinajstić information content (AvgIpc) is 2.51. The van der Waals surface area contributed by atoms with Gasteiger partial charge in [-0.3, -0.25) is 4.98 Å². The van der Waals surface area contributed by atoms with Crippen molar-refractivity contribution in [1.29, 1.82) is 0 Å². The molecule has 0 saturated heterocycles. The summed E-state index contributed by atoms with van der Waals surface area (Å²) < 4.78 is 10.5. The molecule has 1 aromatic heterocycles. The van der Waals surface area contributed by atoms with Gasteiger partial charge in [0.25, 0.3) is 0 Å². The molecule has 106 valence electrons. The first-order valence-electron chi connectivity index (χ1n) is 6.50. The largest absolute Gasteiger partial charge is 0.352 e. The van der Waals surface area contributed by atoms with Gasteiger partial charge in [-0.1, -0.05) is 12.1 Å². The zero-order chi connectivity index (χ0) is 14.2. The summed E-state index contributed by atoms with van der Waals surface area (Å²) in [5.41, 5.74) is 2.36. The molecule has 2 rings (SSSR count). The number of hydrogen-bond acceptors (Lipinski definition) is 4. The number of rotatable bonds is 7. The summed E-state index contributed by atoms with van der Waals surface area (Å²) in [7, 11) is 3.29. The van der Waals surface area contributed by atoms with E-state index in [2.05, 4.69) is 29.2 Å². The van der Waals surface area contributed by atoms with Crippen LogP contribution in [0.25, 0.3) is 0 Å². The van der Waals surface area contributed by atoms with Crippen molar-refractivity contribution in [1.82, 2.24) is 4.98 Å². The van der Waals surface area contributed by atoms with Crippen LogP contribution in [0, 0.1) is 0 Å². The number of aromatic nitrogens is 1. The van der Waals surface area contributed by atoms with E-state index < -0.39 is 0 Å². The van der Waals surface area contributed by atoms with Gasteiger partial charge in [0.15, 0.2) is 6.29 Å². The van der Waals surface area contributed by atoms with Gasteiger partial charge < -0.3 is 9.47 Å². The van der Waals surface area contributed by atoms with E-state index in [0.29, 0.717) is 0 Å². The van der Waals surface area contributed by atoms with Gasteiger partial charge in [-0.15, -0.1) is 11.8 Å². The van der Waals surface area contributed by atoms with Crippen LogP contribution in [-0.4, -0.2) is 25.0 Å². The highest BCUT2D eigenvalue weighted by Crippen LogP contribution is 2.23. The number of thioether (sulfide) groups is 1. The van der Waals surface area contributed by atoms with Crippen LogP contribution in [-0.2, 0) is 15.9 Å². The normalized spacial score (nSPS) is 10.9. The number of ether oxygens (including phenoxy) is 2. The van der Waals surface area contributed by atoms with Gasteiger partial charge in [0.2, 0.25) is 0 Å². The summed E-state index contributed by atoms with van der Waals surface area (Å²) in [6.07, 6.45) is 4.44. The van der Waals surface area contributed by atoms with Crippen molar-refractivity contribution in [3.8, 4) is 0 Å². The fraction of sp³-hybridized carbons (Fsp3) is 0.312. The van der Waals surface area contributed by atoms with E-state index in [1.807, 2.05) is 36.3 Å². The Bertz CT molecular complexity index is 498. The summed E-state index contributed by atoms with van der Waals surface area (Å²) in [5.74, 6) is 1.06. The van der Waals surface area contributed by atoms with Gasteiger partial charge in [0.1, 0.15) is 0 Å². The molecule has 2 aromatic rings. The maximum absolute atomic E-state index is 5.23. The quantitative estimate of drug-likeness (QED) is 0.574. The van der Waals surface area contributed by atoms with E-state index in [-0.39, 0.29) is 6.29 Å². The van der Waals surface area contributed by atoms with Crippen LogP contribution >= 0.6 is 11.8 Å². The number of methoxy groups -OCH3 is 2. The molecular formula is C16H19NO2S. The molecule has 0 aliphatic heterocycles. The van der Waals surface area contributed by atoms with Gasteiger partial charge in [0.05, 0.1) is 0 Å². The highest BCUT2D eigenvalue weighted by atomic mass is 32.2. The maximum atomic E-state index is 5.23. The number of benzene rings is 1. The van der Waals surface area contributed by atoms with Crippen molar-refractivity contribution in [3.63, 3.8) is 0 Å². The third-order valence-corrected chi connectivity index (χ3v) is 4.00. The van der Waals surface area contributed by atoms with Crippen LogP contribution < -0.4 is 0 Å². The molecule has 0 N–H and O–H groups in total. The number of hydrogen-bond donors (Lipinski definition) is 0. The second kappa shape index (κ2) is 8.04. The Morgan fingerprint density at radius 1 is 1.00 bits per heavy atom. The number of nitrogens with zero attached hydrogens (tertiary/aromatic N) is 1. The lowest BCUT2D eigenvalue weighted by Gasteiger charge is -2.13. The molecule has 1 heterocycles. The first-order valence-corrected chi connectivity index (χ1v) is 7.49. The van der Waals surface area contributed by atoms with Gasteiger partial charge in [0, 0.05) is 42.8 Å². The van der Waals surface area contributed by atoms with Gasteiger partial charge in [-0.05, 0) is 36.2 Å². The van der Waals surface area contributed by atoms with Crippen molar-refractivity contribution >= 4 is 11.8 Å². The molecule has 0 spiro atoms. The van der Waals surface area contributed by atoms with E-state index in [1.165, 1.54) is 10.5 Å². The van der Waals surface area contributed by atoms with Gasteiger partial charge >= 0.3 is 0 Å². The number of aryl methyl sites for hydroxylation is 1. The van der Waals surface area contributed by atoms with E-state index in [1.54, 1.807) is 14.2 Å². The minimum Gasteiger partial charge on any atom is -0.352 e. The first-order chi connectivity index (χ1) is 9.83. The molecule has 0 unspecified atom stereocenters. The fourth-order valence-corrected chi connectivity index (χ4v) is 2.83. The van der Waals surface area contributed by atoms with Crippen molar-refractivity contribution in [3.05, 3.63) is 59.9 Å². The van der Waals surface area contributed by atoms with E-state index >= 15 is 0 Å². The Hall–Kier alpha value is -1.36. The smallest absolute Gasteiger partial charge is 0.183 e. The molecule has 0 radical (unpaired) electrons. The third-order valence-electron chi connectivity index (χ3n) is 2.99. The zero-order valence-electron chi connectivity index (χ0n) is 11.8. The Morgan fingerprint density at radius 2 is 1.65 bits per heavy atom. The molecule has 0 aliphatic carbocycles. The molecule has 4 heteroatoms. The van der Waals surface area contributed by atoms with Crippen molar-refractivity contribution in [2.75, 3.05) is 20.0 Å². The summed E-state index contributed by atoms with van der Waals surface area (Å²) in [4.78, 5) is 5.28. The van der Waals surface area contributed by atoms with E-state index in [9.17, 15) is 0 Å². The van der Waals surface area contributed by atoms with Crippen molar-refractivity contribution in [2.24, 2.45) is 0 Å². The molecule has 0 atom stereocenters. The molecule has 3 nitrogen and oxygen atoms in total. The van der Waals surface area contributed by atoms with Crippen LogP contribution in [0.4, 0.5) is 0 Å². The van der Waals surface area contributed by atoms with Crippen LogP contribution in [0.15, 0.2) is 53.7 Å². The minimum atomic E-state index is -0.286. The Morgan fingerprint density at radius 3 is 2.25 bits per heavy atom. The summed E-state index contributed by atoms with van der Waals surface area (Å²) in [6.45, 7) is 0. The molecule has 0 fully saturated rings. The highest BCUT2D eigenvalue weighted by molar-refractivity contribution is 7.99. The van der Waals surface area contributed by atoms with Crippen LogP contribution in [0.5, 0.6) is 0 Å². The lowest BCUT2D eigenvalue weighted by atomic mass is 10.2. The molecule has 0 saturated carbocycles. The highest BCUT2D eigenvalue weighted by Gasteiger charge is 2.07. The molecular weight excluding hydrogens is 270 g/mol. The first kappa shape index (κ1) is 15.0. The Kier molecular flexibility index (Phi) is 6.05. The lowest BCUT2D eigenvalue weighted by Crippen LogP contribution is -2.03. The molecule has 0 aliphatic rings. The standard InChI is InChI=1S/C16H19NO2S/c1-18-16(19-2)14-3-5-15(6-4-14)20-12-9-13-7-10-17-11-8-13/h3-8,10-11,16H,9,12H2,1-2H3. The molecule has 20 heavy (non-hydrogen) atoms. The van der Waals surface area contributed by atoms with Crippen LogP contribution in [0.1, 0.15) is 17.4 Å². The maximum Gasteiger partial charge on any atom is 0.183 e. The molecule has 0 amide bonds. The Balaban J connectivity index is 1.85. The predicted octanol–water partition coefficient (Wildman–Crippen LogP) is 3.71. The molecule has 1 aromatic carbocycles. The van der Waals surface area contributed by atoms with Crippen molar-refractivity contribution in [2.45, 2.75) is 17.6 Å². The minimum absolute atomic E-state index is 0.286. The third kappa shape index (κ3) is 4.34. The lowest BCUT2D eigenvalue weighted by molar-refractivity contribution is -0.106. The van der Waals surface area contributed by atoms with Gasteiger partial charge in [-0.25, -0.2) is 0 Å². The topological polar surface area (TPSA) is 31.4 Å². The fourth-order valence-electron chi connectivity index (χ4n) is 1.93. The second-order valence-electron chi connectivity index (χ2n) is 4.33. The van der Waals surface area contributed by atoms with Crippen molar-refractivity contribution < 1.29 is 9.47 Å². The average molecular weight is 289 g/mol. The SMILES string of the molecule is COC(OC)c1ccc(SCCc2ccncc2)cc1. The molecule has 0 bridgehead atoms. The monoisotopic (exact) mass is 289 g/mol. The summed E-state index contributed by atoms with van der Waals surface area (Å²) in [6, 6.07) is 12.4. The predicted molar refractivity (Wildman–Crippen MR) is 81.9 cm³/mol. The summed E-state index contributed by atoms with van der Waals surface area (Å²) >= 11 is 1.85. The number of pyridine rings is 1. The van der Waals surface area contributed by atoms with Gasteiger partial charge in [-0.2, -0.15) is 0 Å². The van der Waals surface area contributed by atoms with E-state index in [0.717, 1.165) is 17.7 Å². The second-order valence-corrected chi connectivity index (χ2v) is 5.49. The Labute approximate surface area is 124 Å². The van der Waals surface area contributed by atoms with Crippen LogP contribution in [0.3, 0.4) is 0 Å². The zero-order valence-corrected chi connectivity index (χ0v) is 12.6. The van der Waals surface area contributed by atoms with Crippen LogP contribution in [0.2, 0.25) is 0 Å². The van der Waals surface area contributed by atoms with E-state index in [4.69, 9.17) is 9.47 Å².